The number of hydrogen-bond donors (Lipinski definition) is 1. The Labute approximate surface area is 190 Å². The molecule has 2 aromatic carbocycles. The molecule has 0 radical (unpaired) electrons. The number of nitrogens with zero attached hydrogens (tertiary/aromatic N) is 2. The van der Waals surface area contributed by atoms with Crippen LogP contribution in [-0.2, 0) is 9.53 Å². The van der Waals surface area contributed by atoms with Crippen LogP contribution in [0.3, 0.4) is 0 Å². The molecule has 0 spiro atoms. The number of nitrogens with one attached hydrogen (secondary N) is 1. The van der Waals surface area contributed by atoms with Gasteiger partial charge >= 0.3 is 5.97 Å². The fraction of sp³-hybridized carbons (Fsp3) is 0.160. The molecule has 0 amide bonds. The van der Waals surface area contributed by atoms with Gasteiger partial charge in [-0.25, -0.2) is 4.98 Å². The molecule has 0 aliphatic carbocycles. The van der Waals surface area contributed by atoms with Gasteiger partial charge in [0, 0.05) is 28.0 Å². The summed E-state index contributed by atoms with van der Waals surface area (Å²) in [4.78, 5) is 30.6. The van der Waals surface area contributed by atoms with E-state index in [1.807, 2.05) is 78.2 Å². The number of anilines is 2. The van der Waals surface area contributed by atoms with Crippen LogP contribution in [0.5, 0.6) is 0 Å². The molecular weight excluding hydrogens is 422 g/mol. The van der Waals surface area contributed by atoms with Crippen molar-refractivity contribution in [1.82, 2.24) is 9.55 Å². The third-order valence-electron chi connectivity index (χ3n) is 4.77. The molecule has 0 saturated heterocycles. The van der Waals surface area contributed by atoms with Crippen LogP contribution in [0.2, 0.25) is 0 Å². The van der Waals surface area contributed by atoms with Crippen LogP contribution < -0.4 is 10.7 Å². The van der Waals surface area contributed by atoms with Crippen molar-refractivity contribution in [2.24, 2.45) is 0 Å². The van der Waals surface area contributed by atoms with Crippen molar-refractivity contribution >= 4 is 40.3 Å². The van der Waals surface area contributed by atoms with Crippen molar-refractivity contribution in [3.8, 4) is 5.69 Å². The van der Waals surface area contributed by atoms with Gasteiger partial charge in [-0.2, -0.15) is 0 Å². The van der Waals surface area contributed by atoms with Crippen LogP contribution in [0, 0.1) is 6.92 Å². The van der Waals surface area contributed by atoms with Crippen LogP contribution >= 0.6 is 11.8 Å². The van der Waals surface area contributed by atoms with Gasteiger partial charge in [-0.3, -0.25) is 14.2 Å². The minimum atomic E-state index is -0.314. The van der Waals surface area contributed by atoms with E-state index >= 15 is 0 Å². The van der Waals surface area contributed by atoms with Crippen molar-refractivity contribution in [3.63, 3.8) is 0 Å². The Morgan fingerprint density at radius 1 is 1.06 bits per heavy atom. The Kier molecular flexibility index (Phi) is 6.56. The fourth-order valence-corrected chi connectivity index (χ4v) is 4.40. The highest BCUT2D eigenvalue weighted by Gasteiger charge is 2.17. The van der Waals surface area contributed by atoms with E-state index in [1.165, 1.54) is 11.8 Å². The molecule has 6 nitrogen and oxygen atoms in total. The van der Waals surface area contributed by atoms with Gasteiger partial charge < -0.3 is 10.1 Å². The van der Waals surface area contributed by atoms with E-state index in [1.54, 1.807) is 13.0 Å². The number of aromatic nitrogens is 2. The summed E-state index contributed by atoms with van der Waals surface area (Å²) >= 11 is 1.29. The summed E-state index contributed by atoms with van der Waals surface area (Å²) in [6.07, 6.45) is 0. The van der Waals surface area contributed by atoms with Gasteiger partial charge in [0.1, 0.15) is 5.82 Å². The molecule has 0 fully saturated rings. The number of para-hydroxylation sites is 2. The minimum absolute atomic E-state index is 0.126. The SMILES string of the molecule is CCOC(=O)CSc1cc(C)nc2c1c(=O)cc(Nc1ccccc1)n2-c1ccccc1. The summed E-state index contributed by atoms with van der Waals surface area (Å²) in [6.45, 7) is 3.98. The predicted molar refractivity (Wildman–Crippen MR) is 129 cm³/mol. The van der Waals surface area contributed by atoms with Crippen LogP contribution in [0.15, 0.2) is 82.5 Å². The van der Waals surface area contributed by atoms with Gasteiger partial charge in [0.15, 0.2) is 11.1 Å². The third-order valence-corrected chi connectivity index (χ3v) is 5.78. The van der Waals surface area contributed by atoms with E-state index in [0.717, 1.165) is 17.1 Å². The molecule has 0 atom stereocenters. The van der Waals surface area contributed by atoms with Gasteiger partial charge in [0.05, 0.1) is 17.7 Å². The summed E-state index contributed by atoms with van der Waals surface area (Å²) < 4.78 is 6.98. The van der Waals surface area contributed by atoms with E-state index in [-0.39, 0.29) is 17.2 Å². The molecule has 0 unspecified atom stereocenters. The number of rotatable bonds is 7. The van der Waals surface area contributed by atoms with Crippen molar-refractivity contribution in [2.45, 2.75) is 18.7 Å². The largest absolute Gasteiger partial charge is 0.465 e. The van der Waals surface area contributed by atoms with Crippen LogP contribution in [0.1, 0.15) is 12.6 Å². The maximum Gasteiger partial charge on any atom is 0.316 e. The summed E-state index contributed by atoms with van der Waals surface area (Å²) in [5.41, 5.74) is 2.86. The topological polar surface area (TPSA) is 73.2 Å². The van der Waals surface area contributed by atoms with Crippen LogP contribution in [0.4, 0.5) is 11.5 Å². The van der Waals surface area contributed by atoms with Crippen molar-refractivity contribution in [1.29, 1.82) is 0 Å². The second-order valence-corrected chi connectivity index (χ2v) is 8.13. The Hall–Kier alpha value is -3.58. The first-order chi connectivity index (χ1) is 15.6. The maximum atomic E-state index is 13.3. The first kappa shape index (κ1) is 21.6. The number of thioether (sulfide) groups is 1. The Bertz CT molecular complexity index is 1310. The van der Waals surface area contributed by atoms with Crippen molar-refractivity contribution in [3.05, 3.63) is 88.7 Å². The Morgan fingerprint density at radius 2 is 1.75 bits per heavy atom. The quantitative estimate of drug-likeness (QED) is 0.315. The zero-order valence-electron chi connectivity index (χ0n) is 17.9. The van der Waals surface area contributed by atoms with Gasteiger partial charge in [-0.05, 0) is 44.2 Å². The average Bonchev–Trinajstić information content (AvgIpc) is 2.79. The number of hydrogen-bond acceptors (Lipinski definition) is 6. The summed E-state index contributed by atoms with van der Waals surface area (Å²) in [5, 5.41) is 3.83. The molecule has 2 heterocycles. The lowest BCUT2D eigenvalue weighted by molar-refractivity contribution is -0.139. The monoisotopic (exact) mass is 445 g/mol. The molecule has 0 saturated carbocycles. The lowest BCUT2D eigenvalue weighted by atomic mass is 10.2. The summed E-state index contributed by atoms with van der Waals surface area (Å²) in [5.74, 6) is 0.423. The highest BCUT2D eigenvalue weighted by Crippen LogP contribution is 2.30. The molecule has 2 aromatic heterocycles. The number of carbonyl (C=O) groups is 1. The molecule has 7 heteroatoms. The molecule has 0 aliphatic heterocycles. The van der Waals surface area contributed by atoms with Gasteiger partial charge in [-0.15, -0.1) is 11.8 Å². The third kappa shape index (κ3) is 4.68. The smallest absolute Gasteiger partial charge is 0.316 e. The first-order valence-corrected chi connectivity index (χ1v) is 11.3. The highest BCUT2D eigenvalue weighted by atomic mass is 32.2. The lowest BCUT2D eigenvalue weighted by Crippen LogP contribution is -2.15. The fourth-order valence-electron chi connectivity index (χ4n) is 3.45. The van der Waals surface area contributed by atoms with Gasteiger partial charge in [-0.1, -0.05) is 36.4 Å². The molecule has 32 heavy (non-hydrogen) atoms. The van der Waals surface area contributed by atoms with E-state index in [9.17, 15) is 9.59 Å². The summed E-state index contributed by atoms with van der Waals surface area (Å²) in [7, 11) is 0. The highest BCUT2D eigenvalue weighted by molar-refractivity contribution is 8.00. The molecule has 162 valence electrons. The van der Waals surface area contributed by atoms with Crippen molar-refractivity contribution < 1.29 is 9.53 Å². The Balaban J connectivity index is 1.92. The normalized spacial score (nSPS) is 10.8. The zero-order valence-corrected chi connectivity index (χ0v) is 18.7. The van der Waals surface area contributed by atoms with E-state index in [2.05, 4.69) is 5.32 Å². The van der Waals surface area contributed by atoms with Gasteiger partial charge in [0.25, 0.3) is 0 Å². The van der Waals surface area contributed by atoms with E-state index < -0.39 is 0 Å². The Morgan fingerprint density at radius 3 is 2.44 bits per heavy atom. The number of esters is 1. The predicted octanol–water partition coefficient (Wildman–Crippen LogP) is 5.09. The molecule has 4 rings (SSSR count). The number of carbonyl (C=O) groups excluding carboxylic acids is 1. The number of ether oxygens (including phenoxy) is 1. The number of aryl methyl sites for hydroxylation is 1. The number of benzene rings is 2. The maximum absolute atomic E-state index is 13.3. The second-order valence-electron chi connectivity index (χ2n) is 7.11. The number of fused-ring (bicyclic) bond motifs is 1. The zero-order chi connectivity index (χ0) is 22.5. The van der Waals surface area contributed by atoms with E-state index in [0.29, 0.717) is 28.4 Å². The van der Waals surface area contributed by atoms with Crippen LogP contribution in [0.25, 0.3) is 16.7 Å². The summed E-state index contributed by atoms with van der Waals surface area (Å²) in [6, 6.07) is 22.9. The lowest BCUT2D eigenvalue weighted by Gasteiger charge is -2.19. The average molecular weight is 446 g/mol. The van der Waals surface area contributed by atoms with E-state index in [4.69, 9.17) is 9.72 Å². The molecule has 0 bridgehead atoms. The minimum Gasteiger partial charge on any atom is -0.465 e. The van der Waals surface area contributed by atoms with Crippen LogP contribution in [-0.4, -0.2) is 27.9 Å². The molecule has 4 aromatic rings. The molecule has 0 aliphatic rings. The standard InChI is InChI=1S/C25H23N3O3S/c1-3-31-23(30)16-32-21-14-17(2)26-25-24(21)20(29)15-22(27-18-10-6-4-7-11-18)28(25)19-12-8-5-9-13-19/h4-15,27H,3,16H2,1-2H3. The van der Waals surface area contributed by atoms with Crippen molar-refractivity contribution in [2.75, 3.05) is 17.7 Å². The van der Waals surface area contributed by atoms with Gasteiger partial charge in [0.2, 0.25) is 0 Å². The number of pyridine rings is 2. The second kappa shape index (κ2) is 9.70. The first-order valence-electron chi connectivity index (χ1n) is 10.3. The molecular formula is C25H23N3O3S. The molecule has 1 N–H and O–H groups in total.